The van der Waals surface area contributed by atoms with Gasteiger partial charge in [0.05, 0.1) is 24.6 Å². The van der Waals surface area contributed by atoms with Crippen LogP contribution in [0.4, 0.5) is 0 Å². The number of hydrogen-bond donors (Lipinski definition) is 0. The van der Waals surface area contributed by atoms with Gasteiger partial charge in [-0.05, 0) is 28.1 Å². The van der Waals surface area contributed by atoms with Crippen LogP contribution in [0, 0.1) is 11.3 Å². The molecule has 0 N–H and O–H groups in total. The van der Waals surface area contributed by atoms with Crippen LogP contribution in [0.1, 0.15) is 5.56 Å². The van der Waals surface area contributed by atoms with E-state index in [1.54, 1.807) is 23.9 Å². The molecule has 0 aliphatic carbocycles. The fraction of sp³-hybridized carbons (Fsp3) is 0.0909. The monoisotopic (exact) mass is 277 g/mol. The molecule has 1 aromatic carbocycles. The molecule has 5 heteroatoms. The molecule has 4 nitrogen and oxygen atoms in total. The Hall–Kier alpha value is -1.80. The van der Waals surface area contributed by atoms with Crippen LogP contribution in [0.3, 0.4) is 0 Å². The normalized spacial score (nSPS) is 9.81. The molecule has 0 saturated carbocycles. The van der Waals surface area contributed by atoms with Gasteiger partial charge in [0.15, 0.2) is 0 Å². The molecule has 0 aliphatic rings. The number of imidazole rings is 1. The van der Waals surface area contributed by atoms with Crippen molar-refractivity contribution in [1.82, 2.24) is 9.55 Å². The van der Waals surface area contributed by atoms with Gasteiger partial charge in [-0.3, -0.25) is 4.57 Å². The summed E-state index contributed by atoms with van der Waals surface area (Å²) in [6.45, 7) is 0. The Morgan fingerprint density at radius 2 is 2.19 bits per heavy atom. The zero-order valence-electron chi connectivity index (χ0n) is 8.51. The maximum Gasteiger partial charge on any atom is 0.301 e. The summed E-state index contributed by atoms with van der Waals surface area (Å²) in [6, 6.07) is 9.85. The molecule has 2 aromatic rings. The fourth-order valence-corrected chi connectivity index (χ4v) is 1.89. The Morgan fingerprint density at radius 3 is 2.88 bits per heavy atom. The van der Waals surface area contributed by atoms with Gasteiger partial charge < -0.3 is 4.74 Å². The maximum absolute atomic E-state index is 9.03. The van der Waals surface area contributed by atoms with Crippen LogP contribution in [-0.2, 0) is 0 Å². The highest BCUT2D eigenvalue weighted by Gasteiger charge is 2.13. The van der Waals surface area contributed by atoms with Crippen molar-refractivity contribution in [3.63, 3.8) is 0 Å². The lowest BCUT2D eigenvalue weighted by Gasteiger charge is -2.09. The first kappa shape index (κ1) is 10.7. The Morgan fingerprint density at radius 1 is 1.44 bits per heavy atom. The Balaban J connectivity index is 2.67. The molecule has 0 radical (unpaired) electrons. The minimum Gasteiger partial charge on any atom is -0.468 e. The number of halogens is 1. The predicted molar refractivity (Wildman–Crippen MR) is 62.5 cm³/mol. The van der Waals surface area contributed by atoms with Gasteiger partial charge in [-0.25, -0.2) is 4.98 Å². The summed E-state index contributed by atoms with van der Waals surface area (Å²) < 4.78 is 7.61. The summed E-state index contributed by atoms with van der Waals surface area (Å²) in [5, 5.41) is 9.03. The van der Waals surface area contributed by atoms with Crippen molar-refractivity contribution in [2.75, 3.05) is 7.11 Å². The number of nitriles is 1. The molecule has 0 atom stereocenters. The van der Waals surface area contributed by atoms with Crippen LogP contribution in [0.15, 0.2) is 35.1 Å². The second kappa shape index (κ2) is 4.37. The van der Waals surface area contributed by atoms with E-state index in [2.05, 4.69) is 27.0 Å². The van der Waals surface area contributed by atoms with Gasteiger partial charge >= 0.3 is 6.01 Å². The second-order valence-electron chi connectivity index (χ2n) is 3.03. The lowest BCUT2D eigenvalue weighted by molar-refractivity contribution is 0.373. The minimum atomic E-state index is 0.439. The van der Waals surface area contributed by atoms with Gasteiger partial charge in [0.2, 0.25) is 0 Å². The summed E-state index contributed by atoms with van der Waals surface area (Å²) in [6.07, 6.45) is 1.63. The van der Waals surface area contributed by atoms with E-state index in [1.807, 2.05) is 18.2 Å². The SMILES string of the molecule is COc1ncc(Br)n1-c1ccccc1C#N. The van der Waals surface area contributed by atoms with E-state index in [4.69, 9.17) is 10.00 Å². The Kier molecular flexibility index (Phi) is 2.93. The van der Waals surface area contributed by atoms with E-state index in [1.165, 1.54) is 0 Å². The Labute approximate surface area is 101 Å². The van der Waals surface area contributed by atoms with Crippen molar-refractivity contribution < 1.29 is 4.74 Å². The molecule has 0 unspecified atom stereocenters. The summed E-state index contributed by atoms with van der Waals surface area (Å²) in [5.74, 6) is 0. The number of ether oxygens (including phenoxy) is 1. The first-order chi connectivity index (χ1) is 7.77. The second-order valence-corrected chi connectivity index (χ2v) is 3.84. The van der Waals surface area contributed by atoms with Crippen LogP contribution in [0.5, 0.6) is 6.01 Å². The first-order valence-corrected chi connectivity index (χ1v) is 5.34. The molecule has 0 bridgehead atoms. The van der Waals surface area contributed by atoms with E-state index in [0.717, 1.165) is 10.3 Å². The molecule has 1 heterocycles. The zero-order chi connectivity index (χ0) is 11.5. The number of nitrogens with zero attached hydrogens (tertiary/aromatic N) is 3. The van der Waals surface area contributed by atoms with Gasteiger partial charge in [-0.2, -0.15) is 5.26 Å². The molecule has 80 valence electrons. The lowest BCUT2D eigenvalue weighted by atomic mass is 10.2. The summed E-state index contributed by atoms with van der Waals surface area (Å²) >= 11 is 3.37. The molecule has 0 amide bonds. The van der Waals surface area contributed by atoms with Gasteiger partial charge in [0.25, 0.3) is 0 Å². The smallest absolute Gasteiger partial charge is 0.301 e. The third kappa shape index (κ3) is 1.68. The quantitative estimate of drug-likeness (QED) is 0.848. The highest BCUT2D eigenvalue weighted by molar-refractivity contribution is 9.10. The number of hydrogen-bond acceptors (Lipinski definition) is 3. The number of benzene rings is 1. The average molecular weight is 278 g/mol. The van der Waals surface area contributed by atoms with Crippen molar-refractivity contribution in [2.24, 2.45) is 0 Å². The first-order valence-electron chi connectivity index (χ1n) is 4.54. The third-order valence-corrected chi connectivity index (χ3v) is 2.69. The molecule has 0 saturated heterocycles. The average Bonchev–Trinajstić information content (AvgIpc) is 2.70. The van der Waals surface area contributed by atoms with E-state index >= 15 is 0 Å². The van der Waals surface area contributed by atoms with Crippen molar-refractivity contribution in [2.45, 2.75) is 0 Å². The molecule has 0 spiro atoms. The zero-order valence-corrected chi connectivity index (χ0v) is 10.1. The molecule has 0 aliphatic heterocycles. The van der Waals surface area contributed by atoms with E-state index in [0.29, 0.717) is 11.6 Å². The predicted octanol–water partition coefficient (Wildman–Crippen LogP) is 2.52. The number of methoxy groups -OCH3 is 1. The molecular weight excluding hydrogens is 270 g/mol. The fourth-order valence-electron chi connectivity index (χ4n) is 1.44. The van der Waals surface area contributed by atoms with Crippen molar-refractivity contribution in [1.29, 1.82) is 5.26 Å². The summed E-state index contributed by atoms with van der Waals surface area (Å²) in [7, 11) is 1.54. The highest BCUT2D eigenvalue weighted by atomic mass is 79.9. The molecule has 2 rings (SSSR count). The van der Waals surface area contributed by atoms with Crippen LogP contribution in [-0.4, -0.2) is 16.7 Å². The summed E-state index contributed by atoms with van der Waals surface area (Å²) in [4.78, 5) is 4.07. The largest absolute Gasteiger partial charge is 0.468 e. The van der Waals surface area contributed by atoms with E-state index in [9.17, 15) is 0 Å². The van der Waals surface area contributed by atoms with E-state index < -0.39 is 0 Å². The molecule has 16 heavy (non-hydrogen) atoms. The van der Waals surface area contributed by atoms with Gasteiger partial charge in [-0.1, -0.05) is 12.1 Å². The van der Waals surface area contributed by atoms with Gasteiger partial charge in [0.1, 0.15) is 10.7 Å². The number of aromatic nitrogens is 2. The number of rotatable bonds is 2. The maximum atomic E-state index is 9.03. The van der Waals surface area contributed by atoms with Gasteiger partial charge in [-0.15, -0.1) is 0 Å². The molecular formula is C11H8BrN3O. The lowest BCUT2D eigenvalue weighted by Crippen LogP contribution is -2.01. The van der Waals surface area contributed by atoms with Crippen molar-refractivity contribution in [3.05, 3.63) is 40.6 Å². The van der Waals surface area contributed by atoms with Crippen LogP contribution >= 0.6 is 15.9 Å². The van der Waals surface area contributed by atoms with Crippen molar-refractivity contribution in [3.8, 4) is 17.8 Å². The van der Waals surface area contributed by atoms with Crippen LogP contribution in [0.2, 0.25) is 0 Å². The van der Waals surface area contributed by atoms with Crippen molar-refractivity contribution >= 4 is 15.9 Å². The topological polar surface area (TPSA) is 50.8 Å². The number of para-hydroxylation sites is 1. The van der Waals surface area contributed by atoms with Gasteiger partial charge in [0, 0.05) is 0 Å². The Bertz CT molecular complexity index is 557. The highest BCUT2D eigenvalue weighted by Crippen LogP contribution is 2.25. The molecule has 0 fully saturated rings. The van der Waals surface area contributed by atoms with E-state index in [-0.39, 0.29) is 0 Å². The third-order valence-electron chi connectivity index (χ3n) is 2.13. The standard InChI is InChI=1S/C11H8BrN3O/c1-16-11-14-7-10(12)15(11)9-5-3-2-4-8(9)6-13/h2-5,7H,1H3. The molecule has 1 aromatic heterocycles. The van der Waals surface area contributed by atoms with Crippen LogP contribution < -0.4 is 4.74 Å². The minimum absolute atomic E-state index is 0.439. The van der Waals surface area contributed by atoms with Crippen LogP contribution in [0.25, 0.3) is 5.69 Å². The summed E-state index contributed by atoms with van der Waals surface area (Å²) in [5.41, 5.74) is 1.31.